The average Bonchev–Trinajstić information content (AvgIpc) is 3.11. The zero-order valence-electron chi connectivity index (χ0n) is 19.2. The Morgan fingerprint density at radius 2 is 1.73 bits per heavy atom. The number of hydrogen-bond acceptors (Lipinski definition) is 6. The minimum Gasteiger partial charge on any atom is -0.350 e. The van der Waals surface area contributed by atoms with Crippen molar-refractivity contribution in [2.75, 3.05) is 43.1 Å². The van der Waals surface area contributed by atoms with Crippen LogP contribution in [0, 0.1) is 0 Å². The summed E-state index contributed by atoms with van der Waals surface area (Å²) in [4.78, 5) is 11.0. The van der Waals surface area contributed by atoms with Crippen molar-refractivity contribution in [2.45, 2.75) is 0 Å². The van der Waals surface area contributed by atoms with Crippen LogP contribution in [-0.2, 0) is 17.1 Å². The van der Waals surface area contributed by atoms with Gasteiger partial charge in [-0.25, -0.2) is 18.4 Å². The van der Waals surface area contributed by atoms with Gasteiger partial charge < -0.3 is 14.8 Å². The predicted molar refractivity (Wildman–Crippen MR) is 134 cm³/mol. The van der Waals surface area contributed by atoms with Gasteiger partial charge in [-0.3, -0.25) is 4.31 Å². The number of aromatic nitrogens is 3. The Bertz CT molecular complexity index is 1360. The summed E-state index contributed by atoms with van der Waals surface area (Å²) in [5, 5.41) is 4.35. The second kappa shape index (κ2) is 9.21. The Kier molecular flexibility index (Phi) is 6.35. The molecule has 0 aliphatic heterocycles. The molecule has 2 aromatic heterocycles. The molecular formula is C24H28N6O2S. The molecule has 0 fully saturated rings. The zero-order valence-corrected chi connectivity index (χ0v) is 20.0. The van der Waals surface area contributed by atoms with E-state index in [1.807, 2.05) is 56.4 Å². The van der Waals surface area contributed by atoms with Gasteiger partial charge in [0.25, 0.3) is 0 Å². The summed E-state index contributed by atoms with van der Waals surface area (Å²) in [6, 6.07) is 17.3. The molecule has 0 bridgehead atoms. The van der Waals surface area contributed by atoms with Gasteiger partial charge in [-0.05, 0) is 50.5 Å². The van der Waals surface area contributed by atoms with Gasteiger partial charge in [0.1, 0.15) is 0 Å². The third-order valence-electron chi connectivity index (χ3n) is 5.39. The molecule has 0 unspecified atom stereocenters. The molecule has 0 aliphatic rings. The van der Waals surface area contributed by atoms with Crippen LogP contribution in [-0.4, -0.2) is 61.3 Å². The lowest BCUT2D eigenvalue weighted by Gasteiger charge is -2.24. The molecule has 1 N–H and O–H groups in total. The molecular weight excluding hydrogens is 436 g/mol. The first-order chi connectivity index (χ1) is 15.7. The highest BCUT2D eigenvalue weighted by molar-refractivity contribution is 7.92. The van der Waals surface area contributed by atoms with Crippen molar-refractivity contribution < 1.29 is 8.42 Å². The van der Waals surface area contributed by atoms with E-state index >= 15 is 0 Å². The molecule has 0 spiro atoms. The van der Waals surface area contributed by atoms with Crippen molar-refractivity contribution in [1.82, 2.24) is 19.4 Å². The topological polar surface area (TPSA) is 83.4 Å². The molecule has 172 valence electrons. The lowest BCUT2D eigenvalue weighted by molar-refractivity contribution is 0.419. The Hall–Kier alpha value is -3.43. The van der Waals surface area contributed by atoms with Crippen molar-refractivity contribution in [1.29, 1.82) is 0 Å². The molecule has 0 radical (unpaired) electrons. The van der Waals surface area contributed by atoms with Gasteiger partial charge in [0.15, 0.2) is 0 Å². The largest absolute Gasteiger partial charge is 0.350 e. The molecule has 0 saturated carbocycles. The summed E-state index contributed by atoms with van der Waals surface area (Å²) in [5.41, 5.74) is 4.40. The molecule has 4 rings (SSSR count). The lowest BCUT2D eigenvalue weighted by Crippen LogP contribution is -2.35. The summed E-state index contributed by atoms with van der Waals surface area (Å²) in [7, 11) is 2.47. The maximum atomic E-state index is 12.3. The van der Waals surface area contributed by atoms with Crippen LogP contribution in [0.3, 0.4) is 0 Å². The molecule has 4 aromatic rings. The van der Waals surface area contributed by atoms with Crippen LogP contribution in [0.4, 0.5) is 17.3 Å². The minimum absolute atomic E-state index is 0.384. The van der Waals surface area contributed by atoms with E-state index in [4.69, 9.17) is 4.98 Å². The number of fused-ring (bicyclic) bond motifs is 1. The summed E-state index contributed by atoms with van der Waals surface area (Å²) in [6.07, 6.45) is 5.02. The summed E-state index contributed by atoms with van der Waals surface area (Å²) in [6.45, 7) is 1.01. The van der Waals surface area contributed by atoms with Gasteiger partial charge in [-0.15, -0.1) is 0 Å². The molecule has 0 aliphatic carbocycles. The highest BCUT2D eigenvalue weighted by atomic mass is 32.2. The summed E-state index contributed by atoms with van der Waals surface area (Å²) >= 11 is 0. The van der Waals surface area contributed by atoms with Crippen molar-refractivity contribution in [3.8, 4) is 11.3 Å². The Morgan fingerprint density at radius 1 is 1.00 bits per heavy atom. The number of nitrogens with one attached hydrogen (secondary N) is 1. The number of para-hydroxylation sites is 1. The third kappa shape index (κ3) is 5.15. The highest BCUT2D eigenvalue weighted by Gasteiger charge is 2.17. The van der Waals surface area contributed by atoms with Crippen LogP contribution in [0.2, 0.25) is 0 Å². The summed E-state index contributed by atoms with van der Waals surface area (Å²) < 4.78 is 28.0. The van der Waals surface area contributed by atoms with E-state index in [1.54, 1.807) is 18.3 Å². The van der Waals surface area contributed by atoms with Crippen LogP contribution < -0.4 is 9.62 Å². The second-order valence-electron chi connectivity index (χ2n) is 8.25. The molecule has 9 heteroatoms. The smallest absolute Gasteiger partial charge is 0.232 e. The maximum absolute atomic E-state index is 12.3. The van der Waals surface area contributed by atoms with Gasteiger partial charge in [0.2, 0.25) is 16.0 Å². The van der Waals surface area contributed by atoms with Crippen LogP contribution >= 0.6 is 0 Å². The van der Waals surface area contributed by atoms with E-state index in [0.717, 1.165) is 27.8 Å². The van der Waals surface area contributed by atoms with Gasteiger partial charge in [0.05, 0.1) is 17.6 Å². The predicted octanol–water partition coefficient (Wildman–Crippen LogP) is 3.71. The third-order valence-corrected chi connectivity index (χ3v) is 6.58. The van der Waals surface area contributed by atoms with E-state index in [0.29, 0.717) is 24.7 Å². The number of aryl methyl sites for hydroxylation is 1. The standard InChI is InChI=1S/C24H28N6O2S/c1-28(2)15-16-30(33(4,31)32)19-11-9-18(10-12-19)26-24-25-14-13-22(27-24)21-17-29(3)23-8-6-5-7-20(21)23/h5-14,17H,15-16H2,1-4H3,(H,25,26,27). The second-order valence-corrected chi connectivity index (χ2v) is 10.2. The fraction of sp³-hybridized carbons (Fsp3) is 0.250. The Morgan fingerprint density at radius 3 is 2.42 bits per heavy atom. The van der Waals surface area contributed by atoms with Crippen molar-refractivity contribution in [3.05, 3.63) is 67.0 Å². The maximum Gasteiger partial charge on any atom is 0.232 e. The molecule has 0 atom stereocenters. The molecule has 2 heterocycles. The van der Waals surface area contributed by atoms with E-state index in [1.165, 1.54) is 10.6 Å². The van der Waals surface area contributed by atoms with Crippen molar-refractivity contribution in [3.63, 3.8) is 0 Å². The van der Waals surface area contributed by atoms with Crippen LogP contribution in [0.5, 0.6) is 0 Å². The highest BCUT2D eigenvalue weighted by Crippen LogP contribution is 2.29. The molecule has 2 aromatic carbocycles. The first kappa shape index (κ1) is 22.8. The molecule has 33 heavy (non-hydrogen) atoms. The van der Waals surface area contributed by atoms with Gasteiger partial charge in [-0.1, -0.05) is 18.2 Å². The quantitative estimate of drug-likeness (QED) is 0.428. The fourth-order valence-corrected chi connectivity index (χ4v) is 4.65. The number of sulfonamides is 1. The van der Waals surface area contributed by atoms with E-state index < -0.39 is 10.0 Å². The van der Waals surface area contributed by atoms with Gasteiger partial charge in [0, 0.05) is 54.7 Å². The number of likely N-dealkylation sites (N-methyl/N-ethyl adjacent to an activating group) is 1. The number of hydrogen-bond donors (Lipinski definition) is 1. The fourth-order valence-electron chi connectivity index (χ4n) is 3.73. The van der Waals surface area contributed by atoms with Crippen molar-refractivity contribution in [2.24, 2.45) is 7.05 Å². The molecule has 0 saturated heterocycles. The SMILES string of the molecule is CN(C)CCN(c1ccc(Nc2nccc(-c3cn(C)c4ccccc34)n2)cc1)S(C)(=O)=O. The summed E-state index contributed by atoms with van der Waals surface area (Å²) in [5.74, 6) is 0.473. The molecule has 0 amide bonds. The number of rotatable bonds is 8. The first-order valence-corrected chi connectivity index (χ1v) is 12.4. The Balaban J connectivity index is 1.56. The Labute approximate surface area is 194 Å². The first-order valence-electron chi connectivity index (χ1n) is 10.6. The molecule has 8 nitrogen and oxygen atoms in total. The van der Waals surface area contributed by atoms with Crippen LogP contribution in [0.1, 0.15) is 0 Å². The van der Waals surface area contributed by atoms with Crippen molar-refractivity contribution >= 4 is 38.2 Å². The number of benzene rings is 2. The number of anilines is 3. The van der Waals surface area contributed by atoms with E-state index in [9.17, 15) is 8.42 Å². The van der Waals surface area contributed by atoms with Crippen LogP contribution in [0.15, 0.2) is 67.0 Å². The number of nitrogens with zero attached hydrogens (tertiary/aromatic N) is 5. The van der Waals surface area contributed by atoms with E-state index in [-0.39, 0.29) is 0 Å². The zero-order chi connectivity index (χ0) is 23.6. The normalized spacial score (nSPS) is 11.8. The lowest BCUT2D eigenvalue weighted by atomic mass is 10.1. The van der Waals surface area contributed by atoms with Crippen LogP contribution in [0.25, 0.3) is 22.2 Å². The van der Waals surface area contributed by atoms with E-state index in [2.05, 4.69) is 33.2 Å². The van der Waals surface area contributed by atoms with Gasteiger partial charge in [-0.2, -0.15) is 0 Å². The van der Waals surface area contributed by atoms with Gasteiger partial charge >= 0.3 is 0 Å². The average molecular weight is 465 g/mol. The minimum atomic E-state index is -3.38. The monoisotopic (exact) mass is 464 g/mol.